The average molecular weight is 414 g/mol. The molecule has 0 saturated carbocycles. The van der Waals surface area contributed by atoms with E-state index in [9.17, 15) is 0 Å². The molecule has 3 aromatic carbocycles. The molecule has 3 heterocycles. The van der Waals surface area contributed by atoms with Crippen molar-refractivity contribution in [1.82, 2.24) is 5.01 Å². The molecule has 0 unspecified atom stereocenters. The number of ether oxygens (including phenoxy) is 4. The Kier molecular flexibility index (Phi) is 4.23. The van der Waals surface area contributed by atoms with Crippen molar-refractivity contribution in [1.29, 1.82) is 0 Å². The van der Waals surface area contributed by atoms with Gasteiger partial charge in [0.2, 0.25) is 6.23 Å². The van der Waals surface area contributed by atoms with Crippen molar-refractivity contribution in [3.8, 4) is 23.0 Å². The van der Waals surface area contributed by atoms with Crippen molar-refractivity contribution in [2.75, 3.05) is 20.3 Å². The predicted octanol–water partition coefficient (Wildman–Crippen LogP) is 4.71. The summed E-state index contributed by atoms with van der Waals surface area (Å²) in [5.74, 6) is 3.23. The molecule has 0 saturated heterocycles. The fraction of sp³-hybridized carbons (Fsp3) is 0.240. The number of fused-ring (bicyclic) bond motifs is 4. The summed E-state index contributed by atoms with van der Waals surface area (Å²) in [4.78, 5) is 0. The smallest absolute Gasteiger partial charge is 0.217 e. The molecule has 6 nitrogen and oxygen atoms in total. The van der Waals surface area contributed by atoms with Crippen molar-refractivity contribution in [3.05, 3.63) is 83.4 Å². The van der Waals surface area contributed by atoms with Gasteiger partial charge in [-0.2, -0.15) is 5.10 Å². The molecule has 0 bridgehead atoms. The van der Waals surface area contributed by atoms with Gasteiger partial charge in [-0.1, -0.05) is 30.3 Å². The summed E-state index contributed by atoms with van der Waals surface area (Å²) in [6, 6.07) is 22.3. The first kappa shape index (κ1) is 18.1. The van der Waals surface area contributed by atoms with E-state index in [-0.39, 0.29) is 12.3 Å². The van der Waals surface area contributed by atoms with Gasteiger partial charge in [-0.3, -0.25) is 0 Å². The minimum Gasteiger partial charge on any atom is -0.496 e. The molecule has 0 fully saturated rings. The first-order valence-corrected chi connectivity index (χ1v) is 10.5. The third-order valence-electron chi connectivity index (χ3n) is 5.98. The second kappa shape index (κ2) is 7.23. The van der Waals surface area contributed by atoms with Gasteiger partial charge in [-0.05, 0) is 36.4 Å². The van der Waals surface area contributed by atoms with Gasteiger partial charge in [0.1, 0.15) is 24.7 Å². The Labute approximate surface area is 180 Å². The number of benzene rings is 3. The van der Waals surface area contributed by atoms with Crippen molar-refractivity contribution >= 4 is 5.71 Å². The zero-order valence-electron chi connectivity index (χ0n) is 17.2. The number of hydrogen-bond donors (Lipinski definition) is 0. The Morgan fingerprint density at radius 1 is 0.871 bits per heavy atom. The minimum absolute atomic E-state index is 0.0862. The van der Waals surface area contributed by atoms with E-state index in [1.807, 2.05) is 54.6 Å². The molecule has 0 radical (unpaired) electrons. The van der Waals surface area contributed by atoms with Crippen LogP contribution in [0.2, 0.25) is 0 Å². The van der Waals surface area contributed by atoms with E-state index in [1.54, 1.807) is 7.11 Å². The molecule has 0 spiro atoms. The van der Waals surface area contributed by atoms with Crippen LogP contribution in [0.1, 0.15) is 35.4 Å². The highest BCUT2D eigenvalue weighted by atomic mass is 16.6. The van der Waals surface area contributed by atoms with Gasteiger partial charge in [-0.25, -0.2) is 5.01 Å². The molecule has 3 aliphatic heterocycles. The molecule has 3 aromatic rings. The zero-order valence-corrected chi connectivity index (χ0v) is 17.2. The normalized spacial score (nSPS) is 20.9. The lowest BCUT2D eigenvalue weighted by molar-refractivity contribution is -0.0203. The molecule has 31 heavy (non-hydrogen) atoms. The second-order valence-electron chi connectivity index (χ2n) is 7.76. The van der Waals surface area contributed by atoms with Gasteiger partial charge in [0, 0.05) is 17.5 Å². The average Bonchev–Trinajstić information content (AvgIpc) is 3.29. The summed E-state index contributed by atoms with van der Waals surface area (Å²) < 4.78 is 23.5. The summed E-state index contributed by atoms with van der Waals surface area (Å²) in [7, 11) is 1.68. The lowest BCUT2D eigenvalue weighted by atomic mass is 9.95. The third-order valence-corrected chi connectivity index (χ3v) is 5.98. The number of rotatable bonds is 3. The quantitative estimate of drug-likeness (QED) is 0.621. The van der Waals surface area contributed by atoms with Gasteiger partial charge in [0.25, 0.3) is 0 Å². The maximum Gasteiger partial charge on any atom is 0.217 e. The van der Waals surface area contributed by atoms with Crippen molar-refractivity contribution in [2.45, 2.75) is 18.7 Å². The largest absolute Gasteiger partial charge is 0.496 e. The van der Waals surface area contributed by atoms with E-state index in [1.165, 1.54) is 0 Å². The highest BCUT2D eigenvalue weighted by molar-refractivity contribution is 6.02. The molecular formula is C25H22N2O4. The van der Waals surface area contributed by atoms with Crippen LogP contribution < -0.4 is 18.9 Å². The van der Waals surface area contributed by atoms with Crippen LogP contribution in [0.25, 0.3) is 0 Å². The van der Waals surface area contributed by atoms with Gasteiger partial charge in [0.05, 0.1) is 24.4 Å². The maximum atomic E-state index is 6.44. The lowest BCUT2D eigenvalue weighted by Crippen LogP contribution is -2.33. The molecule has 0 amide bonds. The van der Waals surface area contributed by atoms with Crippen LogP contribution in [-0.4, -0.2) is 31.0 Å². The highest BCUT2D eigenvalue weighted by Gasteiger charge is 2.41. The second-order valence-corrected chi connectivity index (χ2v) is 7.76. The standard InChI is InChI=1S/C25H22N2O4/c1-28-21-8-4-3-7-18(21)25-27-20(17-6-2-5-9-22(17)31-25)15-19(26-27)16-10-11-23-24(14-16)30-13-12-29-23/h2-11,14,20,25H,12-13,15H2,1H3/t20-,25-/m0/s1. The molecular weight excluding hydrogens is 392 g/mol. The summed E-state index contributed by atoms with van der Waals surface area (Å²) in [6.07, 6.45) is 0.414. The molecule has 0 aliphatic carbocycles. The van der Waals surface area contributed by atoms with Crippen LogP contribution in [0, 0.1) is 0 Å². The van der Waals surface area contributed by atoms with Crippen molar-refractivity contribution < 1.29 is 18.9 Å². The lowest BCUT2D eigenvalue weighted by Gasteiger charge is -2.38. The predicted molar refractivity (Wildman–Crippen MR) is 116 cm³/mol. The first-order valence-electron chi connectivity index (χ1n) is 10.5. The Bertz CT molecular complexity index is 1180. The highest BCUT2D eigenvalue weighted by Crippen LogP contribution is 2.49. The SMILES string of the molecule is COc1ccccc1[C@@H]1Oc2ccccc2[C@@H]2CC(c3ccc4c(c3)OCCO4)=NN21. The Balaban J connectivity index is 1.43. The topological polar surface area (TPSA) is 52.5 Å². The van der Waals surface area contributed by atoms with E-state index in [0.29, 0.717) is 13.2 Å². The summed E-state index contributed by atoms with van der Waals surface area (Å²) in [6.45, 7) is 1.15. The van der Waals surface area contributed by atoms with Crippen LogP contribution in [0.3, 0.4) is 0 Å². The van der Waals surface area contributed by atoms with E-state index >= 15 is 0 Å². The van der Waals surface area contributed by atoms with E-state index in [4.69, 9.17) is 24.0 Å². The van der Waals surface area contributed by atoms with Gasteiger partial charge in [-0.15, -0.1) is 0 Å². The molecule has 156 valence electrons. The maximum absolute atomic E-state index is 6.44. The number of hydrogen-bond acceptors (Lipinski definition) is 6. The Morgan fingerprint density at radius 3 is 2.52 bits per heavy atom. The van der Waals surface area contributed by atoms with Crippen LogP contribution >= 0.6 is 0 Å². The van der Waals surface area contributed by atoms with Crippen LogP contribution in [0.15, 0.2) is 71.8 Å². The number of methoxy groups -OCH3 is 1. The Hall–Kier alpha value is -3.67. The summed E-state index contributed by atoms with van der Waals surface area (Å²) >= 11 is 0. The van der Waals surface area contributed by atoms with Gasteiger partial charge >= 0.3 is 0 Å². The zero-order chi connectivity index (χ0) is 20.8. The molecule has 0 aromatic heterocycles. The number of para-hydroxylation sites is 2. The van der Waals surface area contributed by atoms with E-state index in [2.05, 4.69) is 17.1 Å². The fourth-order valence-electron chi connectivity index (χ4n) is 4.51. The Morgan fingerprint density at radius 2 is 1.65 bits per heavy atom. The van der Waals surface area contributed by atoms with Crippen molar-refractivity contribution in [2.24, 2.45) is 5.10 Å². The number of nitrogens with zero attached hydrogens (tertiary/aromatic N) is 2. The monoisotopic (exact) mass is 414 g/mol. The van der Waals surface area contributed by atoms with Crippen molar-refractivity contribution in [3.63, 3.8) is 0 Å². The molecule has 2 atom stereocenters. The molecule has 3 aliphatic rings. The molecule has 6 heteroatoms. The van der Waals surface area contributed by atoms with E-state index < -0.39 is 0 Å². The first-order chi connectivity index (χ1) is 15.3. The molecule has 0 N–H and O–H groups in total. The minimum atomic E-state index is -0.370. The van der Waals surface area contributed by atoms with Crippen LogP contribution in [-0.2, 0) is 0 Å². The number of hydrazone groups is 1. The summed E-state index contributed by atoms with van der Waals surface area (Å²) in [5, 5.41) is 7.10. The van der Waals surface area contributed by atoms with Gasteiger partial charge < -0.3 is 18.9 Å². The van der Waals surface area contributed by atoms with Gasteiger partial charge in [0.15, 0.2) is 11.5 Å². The van der Waals surface area contributed by atoms with E-state index in [0.717, 1.165) is 51.8 Å². The third kappa shape index (κ3) is 2.98. The fourth-order valence-corrected chi connectivity index (χ4v) is 4.51. The van der Waals surface area contributed by atoms with Crippen LogP contribution in [0.5, 0.6) is 23.0 Å². The molecule has 6 rings (SSSR count). The summed E-state index contributed by atoms with van der Waals surface area (Å²) in [5.41, 5.74) is 4.14. The van der Waals surface area contributed by atoms with Crippen LogP contribution in [0.4, 0.5) is 0 Å².